The highest BCUT2D eigenvalue weighted by atomic mass is 16.4. The van der Waals surface area contributed by atoms with Crippen molar-refractivity contribution in [2.75, 3.05) is 7.05 Å². The standard InChI is InChI=1S/C13H17N3O2/c1-13(2,12(17)18)16(3)8-9-7-15-11-10(9)5-4-6-14-11/h4-7H,8H2,1-3H3,(H,14,15)(H,17,18). The Balaban J connectivity index is 2.27. The van der Waals surface area contributed by atoms with Crippen LogP contribution in [0.25, 0.3) is 11.0 Å². The second-order valence-corrected chi connectivity index (χ2v) is 4.93. The van der Waals surface area contributed by atoms with Crippen LogP contribution in [0.15, 0.2) is 24.5 Å². The van der Waals surface area contributed by atoms with Crippen molar-refractivity contribution >= 4 is 17.0 Å². The first-order valence-corrected chi connectivity index (χ1v) is 5.78. The summed E-state index contributed by atoms with van der Waals surface area (Å²) in [5.74, 6) is -0.831. The lowest BCUT2D eigenvalue weighted by molar-refractivity contribution is -0.148. The van der Waals surface area contributed by atoms with Crippen LogP contribution < -0.4 is 0 Å². The zero-order chi connectivity index (χ0) is 13.3. The number of nitrogens with zero attached hydrogens (tertiary/aromatic N) is 2. The zero-order valence-electron chi connectivity index (χ0n) is 10.8. The van der Waals surface area contributed by atoms with Crippen LogP contribution in [0.3, 0.4) is 0 Å². The first-order valence-electron chi connectivity index (χ1n) is 5.78. The van der Waals surface area contributed by atoms with Gasteiger partial charge in [0.25, 0.3) is 0 Å². The Morgan fingerprint density at radius 1 is 1.56 bits per heavy atom. The highest BCUT2D eigenvalue weighted by Gasteiger charge is 2.32. The molecular weight excluding hydrogens is 230 g/mol. The summed E-state index contributed by atoms with van der Waals surface area (Å²) < 4.78 is 0. The zero-order valence-corrected chi connectivity index (χ0v) is 10.8. The maximum atomic E-state index is 11.2. The predicted molar refractivity (Wildman–Crippen MR) is 69.3 cm³/mol. The number of carbonyl (C=O) groups is 1. The molecule has 0 unspecified atom stereocenters. The van der Waals surface area contributed by atoms with Gasteiger partial charge in [0.05, 0.1) is 0 Å². The summed E-state index contributed by atoms with van der Waals surface area (Å²) >= 11 is 0. The number of likely N-dealkylation sites (N-methyl/N-ethyl adjacent to an activating group) is 1. The number of carboxylic acids is 1. The second kappa shape index (κ2) is 4.42. The molecule has 2 N–H and O–H groups in total. The molecule has 0 radical (unpaired) electrons. The molecule has 5 heteroatoms. The van der Waals surface area contributed by atoms with Crippen molar-refractivity contribution in [1.29, 1.82) is 0 Å². The number of carboxylic acid groups (broad SMARTS) is 1. The van der Waals surface area contributed by atoms with Crippen LogP contribution in [0.2, 0.25) is 0 Å². The molecule has 2 aromatic heterocycles. The number of hydrogen-bond acceptors (Lipinski definition) is 3. The predicted octanol–water partition coefficient (Wildman–Crippen LogP) is 1.86. The van der Waals surface area contributed by atoms with Gasteiger partial charge in [0.1, 0.15) is 11.2 Å². The molecule has 0 bridgehead atoms. The van der Waals surface area contributed by atoms with E-state index in [4.69, 9.17) is 0 Å². The normalized spacial score (nSPS) is 12.2. The summed E-state index contributed by atoms with van der Waals surface area (Å²) in [6.45, 7) is 3.95. The highest BCUT2D eigenvalue weighted by Crippen LogP contribution is 2.21. The summed E-state index contributed by atoms with van der Waals surface area (Å²) in [6, 6.07) is 3.86. The number of aromatic amines is 1. The summed E-state index contributed by atoms with van der Waals surface area (Å²) in [5.41, 5.74) is 0.982. The second-order valence-electron chi connectivity index (χ2n) is 4.93. The summed E-state index contributed by atoms with van der Waals surface area (Å²) in [6.07, 6.45) is 3.61. The van der Waals surface area contributed by atoms with Crippen LogP contribution in [0.5, 0.6) is 0 Å². The van der Waals surface area contributed by atoms with E-state index in [9.17, 15) is 9.90 Å². The quantitative estimate of drug-likeness (QED) is 0.865. The van der Waals surface area contributed by atoms with Gasteiger partial charge in [-0.1, -0.05) is 0 Å². The maximum Gasteiger partial charge on any atom is 0.323 e. The minimum absolute atomic E-state index is 0.561. The third kappa shape index (κ3) is 2.09. The van der Waals surface area contributed by atoms with E-state index in [0.29, 0.717) is 6.54 Å². The largest absolute Gasteiger partial charge is 0.480 e. The molecule has 0 saturated carbocycles. The van der Waals surface area contributed by atoms with Gasteiger partial charge in [0.2, 0.25) is 0 Å². The number of hydrogen-bond donors (Lipinski definition) is 2. The fourth-order valence-electron chi connectivity index (χ4n) is 1.76. The van der Waals surface area contributed by atoms with Gasteiger partial charge in [-0.05, 0) is 38.6 Å². The van der Waals surface area contributed by atoms with Gasteiger partial charge < -0.3 is 10.1 Å². The lowest BCUT2D eigenvalue weighted by Gasteiger charge is -2.31. The van der Waals surface area contributed by atoms with Crippen molar-refractivity contribution in [3.05, 3.63) is 30.1 Å². The van der Waals surface area contributed by atoms with Crippen molar-refractivity contribution < 1.29 is 9.90 Å². The molecule has 18 heavy (non-hydrogen) atoms. The van der Waals surface area contributed by atoms with Crippen molar-refractivity contribution in [2.24, 2.45) is 0 Å². The molecule has 2 aromatic rings. The molecular formula is C13H17N3O2. The van der Waals surface area contributed by atoms with Gasteiger partial charge in [-0.3, -0.25) is 9.69 Å². The number of rotatable bonds is 4. The number of nitrogens with one attached hydrogen (secondary N) is 1. The van der Waals surface area contributed by atoms with E-state index in [2.05, 4.69) is 9.97 Å². The average Bonchev–Trinajstić information content (AvgIpc) is 2.72. The Kier molecular flexibility index (Phi) is 3.09. The Bertz CT molecular complexity index is 574. The topological polar surface area (TPSA) is 69.2 Å². The van der Waals surface area contributed by atoms with E-state index in [-0.39, 0.29) is 0 Å². The van der Waals surface area contributed by atoms with E-state index >= 15 is 0 Å². The smallest absolute Gasteiger partial charge is 0.323 e. The Hall–Kier alpha value is -1.88. The van der Waals surface area contributed by atoms with E-state index in [0.717, 1.165) is 16.6 Å². The van der Waals surface area contributed by atoms with E-state index in [1.807, 2.05) is 30.3 Å². The van der Waals surface area contributed by atoms with Crippen LogP contribution in [0.1, 0.15) is 19.4 Å². The van der Waals surface area contributed by atoms with Crippen molar-refractivity contribution in [3.8, 4) is 0 Å². The number of aromatic nitrogens is 2. The Morgan fingerprint density at radius 3 is 2.94 bits per heavy atom. The van der Waals surface area contributed by atoms with Gasteiger partial charge in [0.15, 0.2) is 0 Å². The molecule has 0 saturated heterocycles. The van der Waals surface area contributed by atoms with E-state index in [1.54, 1.807) is 20.0 Å². The van der Waals surface area contributed by atoms with Crippen molar-refractivity contribution in [3.63, 3.8) is 0 Å². The van der Waals surface area contributed by atoms with Crippen LogP contribution in [0.4, 0.5) is 0 Å². The van der Waals surface area contributed by atoms with Gasteiger partial charge in [0, 0.05) is 24.3 Å². The summed E-state index contributed by atoms with van der Waals surface area (Å²) in [7, 11) is 1.81. The third-order valence-electron chi connectivity index (χ3n) is 3.42. The average molecular weight is 247 g/mol. The van der Waals surface area contributed by atoms with Gasteiger partial charge in [-0.15, -0.1) is 0 Å². The fraction of sp³-hybridized carbons (Fsp3) is 0.385. The SMILES string of the molecule is CN(Cc1c[nH]c2ncccc12)C(C)(C)C(=O)O. The summed E-state index contributed by atoms with van der Waals surface area (Å²) in [5, 5.41) is 10.2. The molecule has 2 heterocycles. The lowest BCUT2D eigenvalue weighted by Crippen LogP contribution is -2.47. The number of H-pyrrole nitrogens is 1. The van der Waals surface area contributed by atoms with Crippen molar-refractivity contribution in [1.82, 2.24) is 14.9 Å². The van der Waals surface area contributed by atoms with Crippen LogP contribution in [0, 0.1) is 0 Å². The monoisotopic (exact) mass is 247 g/mol. The van der Waals surface area contributed by atoms with Crippen LogP contribution in [-0.4, -0.2) is 38.5 Å². The molecule has 0 aliphatic heterocycles. The number of pyridine rings is 1. The maximum absolute atomic E-state index is 11.2. The molecule has 0 aliphatic carbocycles. The molecule has 0 spiro atoms. The third-order valence-corrected chi connectivity index (χ3v) is 3.42. The molecule has 0 aliphatic rings. The molecule has 0 fully saturated rings. The first-order chi connectivity index (χ1) is 8.43. The van der Waals surface area contributed by atoms with Crippen molar-refractivity contribution in [2.45, 2.75) is 25.9 Å². The first kappa shape index (κ1) is 12.6. The lowest BCUT2D eigenvalue weighted by atomic mass is 10.0. The Morgan fingerprint density at radius 2 is 2.28 bits per heavy atom. The minimum atomic E-state index is -0.897. The van der Waals surface area contributed by atoms with Gasteiger partial charge >= 0.3 is 5.97 Å². The molecule has 0 amide bonds. The Labute approximate surface area is 105 Å². The van der Waals surface area contributed by atoms with E-state index < -0.39 is 11.5 Å². The molecule has 2 rings (SSSR count). The van der Waals surface area contributed by atoms with Gasteiger partial charge in [-0.2, -0.15) is 0 Å². The van der Waals surface area contributed by atoms with Crippen LogP contribution in [-0.2, 0) is 11.3 Å². The summed E-state index contributed by atoms with van der Waals surface area (Å²) in [4.78, 5) is 20.3. The highest BCUT2D eigenvalue weighted by molar-refractivity contribution is 5.80. The molecule has 96 valence electrons. The van der Waals surface area contributed by atoms with Crippen LogP contribution >= 0.6 is 0 Å². The molecule has 0 aromatic carbocycles. The van der Waals surface area contributed by atoms with Gasteiger partial charge in [-0.25, -0.2) is 4.98 Å². The number of aliphatic carboxylic acids is 1. The number of fused-ring (bicyclic) bond motifs is 1. The molecule has 5 nitrogen and oxygen atoms in total. The fourth-order valence-corrected chi connectivity index (χ4v) is 1.76. The van der Waals surface area contributed by atoms with E-state index in [1.165, 1.54) is 0 Å². The molecule has 0 atom stereocenters. The minimum Gasteiger partial charge on any atom is -0.480 e.